The van der Waals surface area contributed by atoms with Gasteiger partial charge in [0.25, 0.3) is 0 Å². The van der Waals surface area contributed by atoms with Gasteiger partial charge in [-0.2, -0.15) is 0 Å². The average Bonchev–Trinajstić information content (AvgIpc) is 2.70. The Hall–Kier alpha value is -2.16. The molecule has 0 bridgehead atoms. The molecule has 28 heavy (non-hydrogen) atoms. The number of nitrogens with zero attached hydrogens (tertiary/aromatic N) is 2. The summed E-state index contributed by atoms with van der Waals surface area (Å²) in [4.78, 5) is 6.39. The Morgan fingerprint density at radius 2 is 1.71 bits per heavy atom. The lowest BCUT2D eigenvalue weighted by Gasteiger charge is -2.15. The van der Waals surface area contributed by atoms with E-state index >= 15 is 0 Å². The van der Waals surface area contributed by atoms with Crippen LogP contribution in [0.25, 0.3) is 0 Å². The molecule has 0 radical (unpaired) electrons. The van der Waals surface area contributed by atoms with E-state index in [1.54, 1.807) is 21.3 Å². The summed E-state index contributed by atoms with van der Waals surface area (Å²) >= 11 is 0. The Balaban J connectivity index is 0.00000392. The standard InChI is InChI=1S/C21H30N4O2.HI/c1-22-21(24-15-17-7-6-8-18(13-17)25(2)3)23-12-11-16-9-10-19(26-4)20(14-16)27-5;/h6-10,13-14H,11-12,15H2,1-5H3,(H2,22,23,24);1H. The molecule has 0 amide bonds. The maximum Gasteiger partial charge on any atom is 0.191 e. The zero-order chi connectivity index (χ0) is 19.6. The molecule has 2 rings (SSSR count). The molecule has 0 aliphatic carbocycles. The van der Waals surface area contributed by atoms with Crippen molar-refractivity contribution in [3.8, 4) is 11.5 Å². The number of halogens is 1. The van der Waals surface area contributed by atoms with Crippen LogP contribution < -0.4 is 25.0 Å². The highest BCUT2D eigenvalue weighted by atomic mass is 127. The first kappa shape index (κ1) is 23.9. The van der Waals surface area contributed by atoms with Crippen molar-refractivity contribution in [2.45, 2.75) is 13.0 Å². The zero-order valence-electron chi connectivity index (χ0n) is 17.3. The van der Waals surface area contributed by atoms with Gasteiger partial charge in [0, 0.05) is 39.9 Å². The Morgan fingerprint density at radius 3 is 2.36 bits per heavy atom. The van der Waals surface area contributed by atoms with Crippen molar-refractivity contribution in [3.63, 3.8) is 0 Å². The average molecular weight is 498 g/mol. The van der Waals surface area contributed by atoms with Crippen molar-refractivity contribution in [2.24, 2.45) is 4.99 Å². The van der Waals surface area contributed by atoms with Crippen LogP contribution in [-0.4, -0.2) is 47.9 Å². The minimum Gasteiger partial charge on any atom is -0.493 e. The number of aliphatic imine (C=N–C) groups is 1. The number of guanidine groups is 1. The number of nitrogens with one attached hydrogen (secondary N) is 2. The van der Waals surface area contributed by atoms with Gasteiger partial charge in [-0.1, -0.05) is 18.2 Å². The molecule has 0 saturated carbocycles. The SMILES string of the molecule is CN=C(NCCc1ccc(OC)c(OC)c1)NCc1cccc(N(C)C)c1.I. The molecule has 0 aromatic heterocycles. The molecule has 0 heterocycles. The Morgan fingerprint density at radius 1 is 0.964 bits per heavy atom. The number of hydrogen-bond donors (Lipinski definition) is 2. The smallest absolute Gasteiger partial charge is 0.191 e. The van der Waals surface area contributed by atoms with Gasteiger partial charge in [0.1, 0.15) is 0 Å². The summed E-state index contributed by atoms with van der Waals surface area (Å²) in [6.07, 6.45) is 0.858. The molecule has 2 N–H and O–H groups in total. The Labute approximate surface area is 185 Å². The van der Waals surface area contributed by atoms with Crippen LogP contribution >= 0.6 is 24.0 Å². The van der Waals surface area contributed by atoms with E-state index in [-0.39, 0.29) is 24.0 Å². The molecule has 0 atom stereocenters. The molecule has 0 aliphatic heterocycles. The number of hydrogen-bond acceptors (Lipinski definition) is 4. The van der Waals surface area contributed by atoms with Crippen molar-refractivity contribution in [3.05, 3.63) is 53.6 Å². The molecular formula is C21H31IN4O2. The molecule has 0 fully saturated rings. The van der Waals surface area contributed by atoms with Gasteiger partial charge >= 0.3 is 0 Å². The van der Waals surface area contributed by atoms with E-state index in [9.17, 15) is 0 Å². The van der Waals surface area contributed by atoms with Crippen molar-refractivity contribution in [1.29, 1.82) is 0 Å². The lowest BCUT2D eigenvalue weighted by atomic mass is 10.1. The summed E-state index contributed by atoms with van der Waals surface area (Å²) in [6.45, 7) is 1.49. The molecule has 154 valence electrons. The van der Waals surface area contributed by atoms with Crippen LogP contribution in [0.15, 0.2) is 47.5 Å². The van der Waals surface area contributed by atoms with E-state index in [4.69, 9.17) is 9.47 Å². The van der Waals surface area contributed by atoms with Crippen LogP contribution in [0, 0.1) is 0 Å². The van der Waals surface area contributed by atoms with Gasteiger partial charge < -0.3 is 25.0 Å². The van der Waals surface area contributed by atoms with Crippen LogP contribution in [0.3, 0.4) is 0 Å². The van der Waals surface area contributed by atoms with Gasteiger partial charge in [0.05, 0.1) is 14.2 Å². The molecular weight excluding hydrogens is 467 g/mol. The third kappa shape index (κ3) is 7.10. The van der Waals surface area contributed by atoms with E-state index in [1.165, 1.54) is 16.8 Å². The summed E-state index contributed by atoms with van der Waals surface area (Å²) in [5, 5.41) is 6.70. The predicted octanol–water partition coefficient (Wildman–Crippen LogP) is 3.30. The summed E-state index contributed by atoms with van der Waals surface area (Å²) in [5.41, 5.74) is 3.57. The zero-order valence-corrected chi connectivity index (χ0v) is 19.6. The number of anilines is 1. The number of benzene rings is 2. The highest BCUT2D eigenvalue weighted by molar-refractivity contribution is 14.0. The second kappa shape index (κ2) is 12.3. The fourth-order valence-corrected chi connectivity index (χ4v) is 2.71. The molecule has 0 aliphatic rings. The maximum absolute atomic E-state index is 5.35. The minimum atomic E-state index is 0. The van der Waals surface area contributed by atoms with Crippen LogP contribution in [0.1, 0.15) is 11.1 Å². The predicted molar refractivity (Wildman–Crippen MR) is 128 cm³/mol. The Bertz CT molecular complexity index is 766. The molecule has 6 nitrogen and oxygen atoms in total. The molecule has 7 heteroatoms. The van der Waals surface area contributed by atoms with Gasteiger partial charge in [0.2, 0.25) is 0 Å². The second-order valence-corrected chi connectivity index (χ2v) is 6.36. The first-order chi connectivity index (χ1) is 13.1. The second-order valence-electron chi connectivity index (χ2n) is 6.36. The summed E-state index contributed by atoms with van der Waals surface area (Å²) in [6, 6.07) is 14.4. The van der Waals surface area contributed by atoms with E-state index in [1.807, 2.05) is 32.3 Å². The van der Waals surface area contributed by atoms with E-state index in [2.05, 4.69) is 44.8 Å². The Kier molecular flexibility index (Phi) is 10.5. The lowest BCUT2D eigenvalue weighted by molar-refractivity contribution is 0.354. The number of methoxy groups -OCH3 is 2. The molecule has 0 saturated heterocycles. The summed E-state index contributed by atoms with van der Waals surface area (Å²) in [7, 11) is 9.16. The largest absolute Gasteiger partial charge is 0.493 e. The van der Waals surface area contributed by atoms with Crippen LogP contribution in [-0.2, 0) is 13.0 Å². The highest BCUT2D eigenvalue weighted by Gasteiger charge is 2.05. The molecule has 2 aromatic carbocycles. The van der Waals surface area contributed by atoms with Crippen LogP contribution in [0.5, 0.6) is 11.5 Å². The van der Waals surface area contributed by atoms with E-state index in [0.29, 0.717) is 0 Å². The molecule has 0 unspecified atom stereocenters. The third-order valence-corrected chi connectivity index (χ3v) is 4.26. The maximum atomic E-state index is 5.35. The van der Waals surface area contributed by atoms with Crippen molar-refractivity contribution in [2.75, 3.05) is 46.8 Å². The van der Waals surface area contributed by atoms with Gasteiger partial charge in [-0.25, -0.2) is 0 Å². The topological polar surface area (TPSA) is 58.1 Å². The van der Waals surface area contributed by atoms with Gasteiger partial charge in [-0.15, -0.1) is 24.0 Å². The van der Waals surface area contributed by atoms with Gasteiger partial charge in [0.15, 0.2) is 17.5 Å². The third-order valence-electron chi connectivity index (χ3n) is 4.26. The van der Waals surface area contributed by atoms with Gasteiger partial charge in [-0.3, -0.25) is 4.99 Å². The van der Waals surface area contributed by atoms with Crippen LogP contribution in [0.2, 0.25) is 0 Å². The fourth-order valence-electron chi connectivity index (χ4n) is 2.71. The first-order valence-corrected chi connectivity index (χ1v) is 8.99. The normalized spacial score (nSPS) is 10.7. The number of rotatable bonds is 8. The van der Waals surface area contributed by atoms with E-state index < -0.39 is 0 Å². The van der Waals surface area contributed by atoms with Crippen molar-refractivity contribution in [1.82, 2.24) is 10.6 Å². The lowest BCUT2D eigenvalue weighted by Crippen LogP contribution is -2.37. The van der Waals surface area contributed by atoms with Crippen molar-refractivity contribution < 1.29 is 9.47 Å². The monoisotopic (exact) mass is 498 g/mol. The minimum absolute atomic E-state index is 0. The highest BCUT2D eigenvalue weighted by Crippen LogP contribution is 2.27. The van der Waals surface area contributed by atoms with E-state index in [0.717, 1.165) is 37.0 Å². The van der Waals surface area contributed by atoms with Gasteiger partial charge in [-0.05, 0) is 41.8 Å². The molecule has 0 spiro atoms. The van der Waals surface area contributed by atoms with Crippen LogP contribution in [0.4, 0.5) is 5.69 Å². The summed E-state index contributed by atoms with van der Waals surface area (Å²) < 4.78 is 10.6. The van der Waals surface area contributed by atoms with Crippen molar-refractivity contribution >= 4 is 35.6 Å². The summed E-state index contributed by atoms with van der Waals surface area (Å²) in [5.74, 6) is 2.27. The number of ether oxygens (including phenoxy) is 2. The first-order valence-electron chi connectivity index (χ1n) is 8.99. The molecule has 2 aromatic rings. The fraction of sp³-hybridized carbons (Fsp3) is 0.381. The quantitative estimate of drug-likeness (QED) is 0.333.